The minimum absolute atomic E-state index is 0.238. The van der Waals surface area contributed by atoms with Crippen molar-refractivity contribution in [2.24, 2.45) is 0 Å². The molecule has 1 amide bonds. The summed E-state index contributed by atoms with van der Waals surface area (Å²) < 4.78 is 13.1. The topological polar surface area (TPSA) is 67.2 Å². The number of hydrogen-bond donors (Lipinski definition) is 1. The van der Waals surface area contributed by atoms with Crippen molar-refractivity contribution in [3.05, 3.63) is 68.8 Å². The molecule has 1 fully saturated rings. The third-order valence-electron chi connectivity index (χ3n) is 5.25. The highest BCUT2D eigenvalue weighted by Gasteiger charge is 2.26. The van der Waals surface area contributed by atoms with Crippen LogP contribution in [-0.2, 0) is 11.3 Å². The minimum Gasteiger partial charge on any atom is -0.278 e. The number of carbonyl (C=O) groups excluding carboxylic acids is 1. The number of rotatable bonds is 4. The van der Waals surface area contributed by atoms with Gasteiger partial charge in [-0.05, 0) is 56.5 Å². The molecular weight excluding hydrogens is 491 g/mol. The van der Waals surface area contributed by atoms with Gasteiger partial charge in [-0.2, -0.15) is 10.1 Å². The van der Waals surface area contributed by atoms with Crippen LogP contribution in [0.2, 0.25) is 15.1 Å². The normalized spacial score (nSPS) is 14.4. The molecule has 1 N–H and O–H groups in total. The fourth-order valence-corrected chi connectivity index (χ4v) is 4.74. The van der Waals surface area contributed by atoms with E-state index < -0.39 is 5.91 Å². The summed E-state index contributed by atoms with van der Waals surface area (Å²) in [5.41, 5.74) is 5.86. The predicted molar refractivity (Wildman–Crippen MR) is 130 cm³/mol. The number of hydrazine groups is 1. The zero-order valence-electron chi connectivity index (χ0n) is 17.1. The van der Waals surface area contributed by atoms with Gasteiger partial charge in [0, 0.05) is 27.7 Å². The van der Waals surface area contributed by atoms with Crippen LogP contribution in [0.15, 0.2) is 42.5 Å². The third-order valence-corrected chi connectivity index (χ3v) is 6.66. The predicted octanol–water partition coefficient (Wildman–Crippen LogP) is 5.28. The van der Waals surface area contributed by atoms with E-state index in [9.17, 15) is 9.00 Å². The highest BCUT2D eigenvalue weighted by Crippen LogP contribution is 2.33. The van der Waals surface area contributed by atoms with Gasteiger partial charge in [0.25, 0.3) is 5.91 Å². The number of piperidine rings is 1. The van der Waals surface area contributed by atoms with Gasteiger partial charge >= 0.3 is 0 Å². The molecule has 0 saturated carbocycles. The van der Waals surface area contributed by atoms with Crippen LogP contribution in [0.4, 0.5) is 0 Å². The average Bonchev–Trinajstić information content (AvgIpc) is 3.11. The maximum Gasteiger partial charge on any atom is 0.286 e. The molecule has 32 heavy (non-hydrogen) atoms. The molecule has 0 radical (unpaired) electrons. The lowest BCUT2D eigenvalue weighted by atomic mass is 10.1. The maximum absolute atomic E-state index is 13.2. The molecular formula is C22H19Cl3N4O2S. The summed E-state index contributed by atoms with van der Waals surface area (Å²) in [7, 11) is 0. The van der Waals surface area contributed by atoms with E-state index in [1.807, 2.05) is 19.1 Å². The lowest BCUT2D eigenvalue weighted by Gasteiger charge is -2.26. The molecule has 1 aliphatic heterocycles. The summed E-state index contributed by atoms with van der Waals surface area (Å²) in [5.74, 6) is -0.394. The summed E-state index contributed by atoms with van der Waals surface area (Å²) in [6.45, 7) is 2.42. The highest BCUT2D eigenvalue weighted by atomic mass is 35.5. The van der Waals surface area contributed by atoms with E-state index in [1.165, 1.54) is 0 Å². The van der Waals surface area contributed by atoms with Crippen molar-refractivity contribution in [2.45, 2.75) is 26.2 Å². The van der Waals surface area contributed by atoms with Crippen LogP contribution in [-0.4, -0.2) is 36.4 Å². The van der Waals surface area contributed by atoms with Crippen molar-refractivity contribution in [2.75, 3.05) is 6.54 Å². The van der Waals surface area contributed by atoms with Gasteiger partial charge in [0.1, 0.15) is 16.2 Å². The standard InChI is InChI=1S/C22H19Cl3N4O2S/c1-13-20(22(30)27-28-11-3-2-4-19(28)32-31)26-29(18-10-9-16(24)12-17(18)25)21(13)14-5-7-15(23)8-6-14/h5-10,12H,2-4,11H2,1H3,(H,27,30). The van der Waals surface area contributed by atoms with Crippen LogP contribution < -0.4 is 5.43 Å². The summed E-state index contributed by atoms with van der Waals surface area (Å²) >= 11 is 19.0. The second-order valence-corrected chi connectivity index (χ2v) is 9.28. The van der Waals surface area contributed by atoms with Gasteiger partial charge in [0.2, 0.25) is 0 Å². The van der Waals surface area contributed by atoms with E-state index in [1.54, 1.807) is 40.0 Å². The molecule has 2 aromatic carbocycles. The van der Waals surface area contributed by atoms with Gasteiger partial charge in [-0.1, -0.05) is 46.9 Å². The summed E-state index contributed by atoms with van der Waals surface area (Å²) in [5, 5.41) is 7.73. The Morgan fingerprint density at radius 1 is 1.06 bits per heavy atom. The Bertz CT molecular complexity index is 1240. The number of nitrogens with one attached hydrogen (secondary N) is 1. The molecule has 3 aromatic rings. The molecule has 0 unspecified atom stereocenters. The van der Waals surface area contributed by atoms with Crippen LogP contribution in [0.3, 0.4) is 0 Å². The zero-order valence-corrected chi connectivity index (χ0v) is 20.2. The smallest absolute Gasteiger partial charge is 0.278 e. The molecule has 1 saturated heterocycles. The van der Waals surface area contributed by atoms with Gasteiger partial charge in [0.05, 0.1) is 16.4 Å². The first-order chi connectivity index (χ1) is 15.4. The molecule has 10 heteroatoms. The van der Waals surface area contributed by atoms with E-state index in [0.29, 0.717) is 61.2 Å². The Kier molecular flexibility index (Phi) is 7.02. The van der Waals surface area contributed by atoms with Crippen molar-refractivity contribution in [1.82, 2.24) is 20.2 Å². The highest BCUT2D eigenvalue weighted by molar-refractivity contribution is 7.66. The summed E-state index contributed by atoms with van der Waals surface area (Å²) in [4.78, 5) is 13.8. The molecule has 0 bridgehead atoms. The molecule has 166 valence electrons. The molecule has 4 rings (SSSR count). The Hall–Kier alpha value is -2.16. The Morgan fingerprint density at radius 3 is 2.47 bits per heavy atom. The van der Waals surface area contributed by atoms with Crippen molar-refractivity contribution < 1.29 is 9.00 Å². The fourth-order valence-electron chi connectivity index (χ4n) is 3.67. The lowest BCUT2D eigenvalue weighted by molar-refractivity contribution is 0.0857. The minimum atomic E-state index is -0.394. The van der Waals surface area contributed by atoms with Gasteiger partial charge in [-0.3, -0.25) is 10.2 Å². The molecule has 1 aromatic heterocycles. The molecule has 0 aliphatic carbocycles. The number of aromatic nitrogens is 2. The average molecular weight is 510 g/mol. The maximum atomic E-state index is 13.2. The molecule has 0 atom stereocenters. The second-order valence-electron chi connectivity index (χ2n) is 7.36. The number of halogens is 3. The number of nitrogens with zero attached hydrogens (tertiary/aromatic N) is 3. The molecule has 1 aliphatic rings. The van der Waals surface area contributed by atoms with Gasteiger partial charge < -0.3 is 0 Å². The number of amides is 1. The van der Waals surface area contributed by atoms with Crippen LogP contribution in [0.1, 0.15) is 35.3 Å². The first-order valence-electron chi connectivity index (χ1n) is 9.94. The van der Waals surface area contributed by atoms with E-state index in [0.717, 1.165) is 18.4 Å². The number of hydrogen-bond acceptors (Lipinski definition) is 3. The van der Waals surface area contributed by atoms with Crippen LogP contribution in [0, 0.1) is 6.92 Å². The summed E-state index contributed by atoms with van der Waals surface area (Å²) in [6.07, 6.45) is 2.48. The van der Waals surface area contributed by atoms with E-state index >= 15 is 0 Å². The fraction of sp³-hybridized carbons (Fsp3) is 0.227. The second kappa shape index (κ2) is 9.77. The van der Waals surface area contributed by atoms with Crippen LogP contribution >= 0.6 is 34.8 Å². The molecule has 6 nitrogen and oxygen atoms in total. The first-order valence-corrected chi connectivity index (χ1v) is 11.8. The Balaban J connectivity index is 1.81. The van der Waals surface area contributed by atoms with Crippen LogP contribution in [0.5, 0.6) is 0 Å². The van der Waals surface area contributed by atoms with Gasteiger partial charge in [-0.15, -0.1) is 0 Å². The molecule has 0 spiro atoms. The largest absolute Gasteiger partial charge is 0.286 e. The zero-order chi connectivity index (χ0) is 22.8. The van der Waals surface area contributed by atoms with E-state index in [4.69, 9.17) is 34.8 Å². The summed E-state index contributed by atoms with van der Waals surface area (Å²) in [6, 6.07) is 12.4. The lowest BCUT2D eigenvalue weighted by Crippen LogP contribution is -2.48. The third kappa shape index (κ3) is 4.63. The van der Waals surface area contributed by atoms with Crippen molar-refractivity contribution >= 4 is 57.0 Å². The van der Waals surface area contributed by atoms with Crippen molar-refractivity contribution in [3.63, 3.8) is 0 Å². The SMILES string of the molecule is Cc1c(C(=O)NN2CCCCC2=S=O)nn(-c2ccc(Cl)cc2Cl)c1-c1ccc(Cl)cc1. The Labute approximate surface area is 204 Å². The monoisotopic (exact) mass is 508 g/mol. The first kappa shape index (κ1) is 23.0. The van der Waals surface area contributed by atoms with E-state index in [-0.39, 0.29) is 5.69 Å². The number of carbonyl (C=O) groups is 1. The van der Waals surface area contributed by atoms with Gasteiger partial charge in [-0.25, -0.2) is 8.89 Å². The van der Waals surface area contributed by atoms with Gasteiger partial charge in [0.15, 0.2) is 5.69 Å². The van der Waals surface area contributed by atoms with Crippen molar-refractivity contribution in [3.8, 4) is 16.9 Å². The number of benzene rings is 2. The van der Waals surface area contributed by atoms with E-state index in [2.05, 4.69) is 10.5 Å². The quantitative estimate of drug-likeness (QED) is 0.486. The van der Waals surface area contributed by atoms with Crippen molar-refractivity contribution in [1.29, 1.82) is 0 Å². The Morgan fingerprint density at radius 2 is 1.78 bits per heavy atom. The van der Waals surface area contributed by atoms with Crippen LogP contribution in [0.25, 0.3) is 16.9 Å². The molecule has 2 heterocycles.